The number of pyridine rings is 1. The first-order valence-electron chi connectivity index (χ1n) is 25.5. The largest absolute Gasteiger partial charge is 0.255 e. The van der Waals surface area contributed by atoms with E-state index >= 15 is 0 Å². The van der Waals surface area contributed by atoms with Crippen molar-refractivity contribution in [2.24, 2.45) is 35.5 Å². The van der Waals surface area contributed by atoms with Gasteiger partial charge in [-0.3, -0.25) is 4.98 Å². The lowest BCUT2D eigenvalue weighted by atomic mass is 9.82. The molecule has 0 atom stereocenters. The average molecular weight is 913 g/mol. The fourth-order valence-corrected chi connectivity index (χ4v) is 18.4. The fraction of sp³-hybridized carbons (Fsp3) is 0.444. The van der Waals surface area contributed by atoms with E-state index in [9.17, 15) is 0 Å². The molecular formula is C63H81NSSi. The first-order valence-corrected chi connectivity index (χ1v) is 28.3. The van der Waals surface area contributed by atoms with Crippen LogP contribution in [0.25, 0.3) is 32.1 Å². The van der Waals surface area contributed by atoms with Crippen LogP contribution in [-0.2, 0) is 43.9 Å². The Hall–Kier alpha value is -4.31. The highest BCUT2D eigenvalue weighted by atomic mass is 32.1. The van der Waals surface area contributed by atoms with Gasteiger partial charge in [0, 0.05) is 16.3 Å². The van der Waals surface area contributed by atoms with Crippen molar-refractivity contribution in [3.63, 3.8) is 0 Å². The van der Waals surface area contributed by atoms with E-state index in [1.54, 1.807) is 0 Å². The quantitative estimate of drug-likeness (QED) is 0.0655. The Morgan fingerprint density at radius 1 is 0.455 bits per heavy atom. The third-order valence-electron chi connectivity index (χ3n) is 13.1. The molecule has 0 amide bonds. The number of hydrogen-bond acceptors (Lipinski definition) is 2. The van der Waals surface area contributed by atoms with Crippen LogP contribution in [0.1, 0.15) is 143 Å². The lowest BCUT2D eigenvalue weighted by molar-refractivity contribution is 0.596. The van der Waals surface area contributed by atoms with Crippen LogP contribution in [0.3, 0.4) is 0 Å². The molecule has 5 aromatic carbocycles. The van der Waals surface area contributed by atoms with Crippen molar-refractivity contribution in [2.45, 2.75) is 148 Å². The Labute approximate surface area is 405 Å². The van der Waals surface area contributed by atoms with E-state index in [1.165, 1.54) is 85.4 Å². The minimum Gasteiger partial charge on any atom is -0.255 e. The molecule has 0 aliphatic carbocycles. The number of rotatable bonds is 17. The van der Waals surface area contributed by atoms with Gasteiger partial charge in [0.15, 0.2) is 8.07 Å². The first kappa shape index (κ1) is 49.6. The summed E-state index contributed by atoms with van der Waals surface area (Å²) in [6.07, 6.45) is 8.49. The third-order valence-corrected chi connectivity index (χ3v) is 19.6. The van der Waals surface area contributed by atoms with E-state index in [-0.39, 0.29) is 5.41 Å². The average Bonchev–Trinajstić information content (AvgIpc) is 3.63. The Balaban J connectivity index is 1.69. The SMILES string of the molecule is CC(C)Cc1cc(CC(C)C)cc([Si](c2cc(CC(C)C)cc(CC(C)C)c2)(c2cc(CC(C)C)cc(CC(C)C)c2)c2cc3ccnc(-c4cc(C(C)(C)C)c5ccccc5c4)c3s2)c1. The van der Waals surface area contributed by atoms with Gasteiger partial charge in [-0.05, 0) is 174 Å². The maximum atomic E-state index is 5.33. The van der Waals surface area contributed by atoms with E-state index < -0.39 is 8.07 Å². The summed E-state index contributed by atoms with van der Waals surface area (Å²) in [6.45, 7) is 35.7. The van der Waals surface area contributed by atoms with Gasteiger partial charge in [0.25, 0.3) is 0 Å². The Morgan fingerprint density at radius 2 is 0.848 bits per heavy atom. The summed E-state index contributed by atoms with van der Waals surface area (Å²) in [5.41, 5.74) is 12.5. The summed E-state index contributed by atoms with van der Waals surface area (Å²) in [6, 6.07) is 42.5. The van der Waals surface area contributed by atoms with Gasteiger partial charge in [0.05, 0.1) is 10.4 Å². The van der Waals surface area contributed by atoms with Crippen LogP contribution in [0.4, 0.5) is 0 Å². The number of aromatic nitrogens is 1. The zero-order valence-electron chi connectivity index (χ0n) is 43.5. The molecule has 0 spiro atoms. The molecule has 1 nitrogen and oxygen atoms in total. The predicted molar refractivity (Wildman–Crippen MR) is 296 cm³/mol. The van der Waals surface area contributed by atoms with Crippen LogP contribution < -0.4 is 20.1 Å². The van der Waals surface area contributed by atoms with E-state index in [2.05, 4.69) is 213 Å². The Kier molecular flexibility index (Phi) is 15.4. The highest BCUT2D eigenvalue weighted by Crippen LogP contribution is 2.38. The molecule has 0 radical (unpaired) electrons. The molecular weight excluding hydrogens is 831 g/mol. The topological polar surface area (TPSA) is 12.9 Å². The van der Waals surface area contributed by atoms with Gasteiger partial charge in [0.1, 0.15) is 0 Å². The molecule has 0 aliphatic heterocycles. The molecule has 0 saturated heterocycles. The zero-order chi connectivity index (χ0) is 47.7. The summed E-state index contributed by atoms with van der Waals surface area (Å²) in [4.78, 5) is 5.33. The molecule has 0 saturated carbocycles. The highest BCUT2D eigenvalue weighted by molar-refractivity contribution is 7.39. The minimum atomic E-state index is -3.10. The number of hydrogen-bond donors (Lipinski definition) is 0. The molecule has 7 rings (SSSR count). The maximum Gasteiger partial charge on any atom is 0.191 e. The van der Waals surface area contributed by atoms with Crippen LogP contribution >= 0.6 is 11.3 Å². The molecule has 0 fully saturated rings. The van der Waals surface area contributed by atoms with E-state index in [4.69, 9.17) is 4.98 Å². The van der Waals surface area contributed by atoms with Crippen molar-refractivity contribution >= 4 is 60.3 Å². The van der Waals surface area contributed by atoms with Crippen LogP contribution in [0.5, 0.6) is 0 Å². The predicted octanol–water partition coefficient (Wildman–Crippen LogP) is 15.0. The zero-order valence-corrected chi connectivity index (χ0v) is 45.3. The fourth-order valence-electron chi connectivity index (χ4n) is 10.8. The van der Waals surface area contributed by atoms with Gasteiger partial charge in [-0.15, -0.1) is 11.3 Å². The molecule has 3 heteroatoms. The van der Waals surface area contributed by atoms with Crippen LogP contribution in [0, 0.1) is 35.5 Å². The van der Waals surface area contributed by atoms with Crippen LogP contribution in [0.15, 0.2) is 109 Å². The number of thiophene rings is 1. The van der Waals surface area contributed by atoms with Crippen molar-refractivity contribution in [2.75, 3.05) is 0 Å². The van der Waals surface area contributed by atoms with Gasteiger partial charge < -0.3 is 0 Å². The van der Waals surface area contributed by atoms with Crippen LogP contribution in [0.2, 0.25) is 0 Å². The summed E-state index contributed by atoms with van der Waals surface area (Å²) in [5.74, 6) is 3.33. The van der Waals surface area contributed by atoms with Gasteiger partial charge in [-0.1, -0.05) is 183 Å². The van der Waals surface area contributed by atoms with Crippen molar-refractivity contribution in [3.8, 4) is 11.3 Å². The summed E-state index contributed by atoms with van der Waals surface area (Å²) in [7, 11) is -3.10. The summed E-state index contributed by atoms with van der Waals surface area (Å²) in [5, 5.41) is 8.50. The van der Waals surface area contributed by atoms with Crippen LogP contribution in [-0.4, -0.2) is 13.1 Å². The molecule has 0 N–H and O–H groups in total. The molecule has 0 unspecified atom stereocenters. The number of nitrogens with zero attached hydrogens (tertiary/aromatic N) is 1. The standard InChI is InChI=1S/C63H81NSSi/c1-40(2)22-46-28-47(23-41(3)4)32-55(31-46)66(56-33-48(24-42(5)6)29-49(34-56)25-43(7)8,57-35-50(26-44(9)10)30-51(36-57)27-45(11)12)60-39-53-20-21-64-61(62(53)65-60)54-37-52-18-16-17-19-58(52)59(38-54)63(13,14)15/h16-21,28-45H,22-27H2,1-15H3. The minimum absolute atomic E-state index is 0.0235. The molecule has 0 aliphatic rings. The first-order chi connectivity index (χ1) is 31.2. The molecule has 348 valence electrons. The maximum absolute atomic E-state index is 5.33. The monoisotopic (exact) mass is 912 g/mol. The normalized spacial score (nSPS) is 12.7. The van der Waals surface area contributed by atoms with Gasteiger partial charge in [-0.2, -0.15) is 0 Å². The molecule has 66 heavy (non-hydrogen) atoms. The second-order valence-electron chi connectivity index (χ2n) is 23.6. The molecule has 2 aromatic heterocycles. The van der Waals surface area contributed by atoms with E-state index in [0.29, 0.717) is 35.5 Å². The summed E-state index contributed by atoms with van der Waals surface area (Å²) < 4.78 is 2.80. The van der Waals surface area contributed by atoms with E-state index in [1.807, 2.05) is 11.3 Å². The van der Waals surface area contributed by atoms with Crippen molar-refractivity contribution in [1.82, 2.24) is 4.98 Å². The van der Waals surface area contributed by atoms with Gasteiger partial charge in [0.2, 0.25) is 0 Å². The second kappa shape index (κ2) is 20.5. The number of benzene rings is 5. The Bertz CT molecular complexity index is 2520. The van der Waals surface area contributed by atoms with Crippen molar-refractivity contribution in [3.05, 3.63) is 148 Å². The molecule has 7 aromatic rings. The van der Waals surface area contributed by atoms with Crippen molar-refractivity contribution < 1.29 is 0 Å². The third kappa shape index (κ3) is 11.3. The second-order valence-corrected chi connectivity index (χ2v) is 28.8. The molecule has 2 heterocycles. The molecule has 0 bridgehead atoms. The van der Waals surface area contributed by atoms with Crippen molar-refractivity contribution in [1.29, 1.82) is 0 Å². The smallest absolute Gasteiger partial charge is 0.191 e. The van der Waals surface area contributed by atoms with Gasteiger partial charge in [-0.25, -0.2) is 0 Å². The van der Waals surface area contributed by atoms with E-state index in [0.717, 1.165) is 44.2 Å². The number of fused-ring (bicyclic) bond motifs is 2. The Morgan fingerprint density at radius 3 is 1.23 bits per heavy atom. The lowest BCUT2D eigenvalue weighted by Gasteiger charge is -2.36. The summed E-state index contributed by atoms with van der Waals surface area (Å²) >= 11 is 2.05. The highest BCUT2D eigenvalue weighted by Gasteiger charge is 2.45. The lowest BCUT2D eigenvalue weighted by Crippen LogP contribution is -2.74. The van der Waals surface area contributed by atoms with Gasteiger partial charge >= 0.3 is 0 Å².